The zero-order valence-corrected chi connectivity index (χ0v) is 12.7. The SMILES string of the molecule is C[N+](C)(C)C.O=S(=O)(O)C(F)(F)F.O=S(=O)([O-])C(F)(F)F. The second-order valence-electron chi connectivity index (χ2n) is 4.50. The van der Waals surface area contributed by atoms with Crippen LogP contribution in [0, 0.1) is 0 Å². The molecule has 0 heterocycles. The summed E-state index contributed by atoms with van der Waals surface area (Å²) in [4.78, 5) is 0. The molecule has 0 spiro atoms. The van der Waals surface area contributed by atoms with Crippen molar-refractivity contribution in [2.24, 2.45) is 0 Å². The highest BCUT2D eigenvalue weighted by Gasteiger charge is 2.44. The van der Waals surface area contributed by atoms with Gasteiger partial charge in [-0.2, -0.15) is 34.8 Å². The molecular formula is C6H13F6NO6S2. The van der Waals surface area contributed by atoms with E-state index in [1.165, 1.54) is 0 Å². The van der Waals surface area contributed by atoms with E-state index >= 15 is 0 Å². The fraction of sp³-hybridized carbons (Fsp3) is 1.00. The van der Waals surface area contributed by atoms with Gasteiger partial charge in [0.2, 0.25) is 0 Å². The summed E-state index contributed by atoms with van der Waals surface area (Å²) >= 11 is 0. The van der Waals surface area contributed by atoms with Crippen molar-refractivity contribution < 1.29 is 56.8 Å². The van der Waals surface area contributed by atoms with E-state index in [9.17, 15) is 26.3 Å². The van der Waals surface area contributed by atoms with Crippen LogP contribution in [0.1, 0.15) is 0 Å². The number of rotatable bonds is 0. The topological polar surface area (TPSA) is 112 Å². The second-order valence-corrected chi connectivity index (χ2v) is 7.29. The van der Waals surface area contributed by atoms with Crippen LogP contribution < -0.4 is 0 Å². The Morgan fingerprint density at radius 1 is 0.810 bits per heavy atom. The number of halogens is 6. The van der Waals surface area contributed by atoms with E-state index in [0.717, 1.165) is 4.48 Å². The molecule has 132 valence electrons. The molecule has 0 aromatic carbocycles. The van der Waals surface area contributed by atoms with E-state index in [0.29, 0.717) is 0 Å². The summed E-state index contributed by atoms with van der Waals surface area (Å²) in [5, 5.41) is 0. The first kappa shape index (κ1) is 25.3. The predicted octanol–water partition coefficient (Wildman–Crippen LogP) is 0.768. The summed E-state index contributed by atoms with van der Waals surface area (Å²) in [7, 11) is -3.43. The molecule has 0 aromatic rings. The Morgan fingerprint density at radius 3 is 0.905 bits per heavy atom. The fourth-order valence-corrected chi connectivity index (χ4v) is 0. The van der Waals surface area contributed by atoms with Gasteiger partial charge in [-0.15, -0.1) is 0 Å². The largest absolute Gasteiger partial charge is 0.741 e. The smallest absolute Gasteiger partial charge is 0.522 e. The van der Waals surface area contributed by atoms with Crippen LogP contribution in [0.3, 0.4) is 0 Å². The highest BCUT2D eigenvalue weighted by Crippen LogP contribution is 2.21. The maximum absolute atomic E-state index is 10.7. The van der Waals surface area contributed by atoms with Gasteiger partial charge in [0.15, 0.2) is 10.1 Å². The van der Waals surface area contributed by atoms with E-state index in [-0.39, 0.29) is 0 Å². The lowest BCUT2D eigenvalue weighted by molar-refractivity contribution is -0.849. The van der Waals surface area contributed by atoms with E-state index in [4.69, 9.17) is 25.9 Å². The minimum atomic E-state index is -6.09. The molecule has 21 heavy (non-hydrogen) atoms. The van der Waals surface area contributed by atoms with Crippen LogP contribution in [0.5, 0.6) is 0 Å². The Hall–Kier alpha value is -0.640. The highest BCUT2D eigenvalue weighted by atomic mass is 32.2. The Labute approximate surface area is 117 Å². The number of hydrogen-bond acceptors (Lipinski definition) is 5. The molecular weight excluding hydrogens is 360 g/mol. The molecule has 0 fully saturated rings. The third kappa shape index (κ3) is 19.4. The molecule has 0 aliphatic rings. The van der Waals surface area contributed by atoms with Crippen LogP contribution >= 0.6 is 0 Å². The van der Waals surface area contributed by atoms with Gasteiger partial charge >= 0.3 is 21.1 Å². The summed E-state index contributed by atoms with van der Waals surface area (Å²) in [6, 6.07) is 0. The van der Waals surface area contributed by atoms with Crippen molar-refractivity contribution in [1.82, 2.24) is 0 Å². The fourth-order valence-electron chi connectivity index (χ4n) is 0. The average Bonchev–Trinajstić information content (AvgIpc) is 1.91. The van der Waals surface area contributed by atoms with Gasteiger partial charge in [0.25, 0.3) is 0 Å². The maximum Gasteiger partial charge on any atom is 0.522 e. The number of alkyl halides is 6. The zero-order valence-electron chi connectivity index (χ0n) is 11.0. The lowest BCUT2D eigenvalue weighted by Crippen LogP contribution is -2.27. The first-order valence-corrected chi connectivity index (χ1v) is 7.20. The summed E-state index contributed by atoms with van der Waals surface area (Å²) in [5.74, 6) is 0. The molecule has 0 aliphatic heterocycles. The lowest BCUT2D eigenvalue weighted by atomic mass is 10.8. The van der Waals surface area contributed by atoms with Gasteiger partial charge in [0.05, 0.1) is 28.2 Å². The van der Waals surface area contributed by atoms with Crippen molar-refractivity contribution in [3.63, 3.8) is 0 Å². The maximum atomic E-state index is 10.7. The average molecular weight is 373 g/mol. The molecule has 0 radical (unpaired) electrons. The third-order valence-electron chi connectivity index (χ3n) is 0.576. The van der Waals surface area contributed by atoms with Crippen LogP contribution in [-0.4, -0.2) is 69.6 Å². The van der Waals surface area contributed by atoms with Crippen LogP contribution in [0.4, 0.5) is 26.3 Å². The van der Waals surface area contributed by atoms with Crippen LogP contribution in [0.15, 0.2) is 0 Å². The van der Waals surface area contributed by atoms with Gasteiger partial charge in [-0.3, -0.25) is 4.55 Å². The van der Waals surface area contributed by atoms with Crippen molar-refractivity contribution >= 4 is 20.2 Å². The Bertz CT molecular complexity index is 451. The summed E-state index contributed by atoms with van der Waals surface area (Å²) in [6.07, 6.45) is 0. The molecule has 0 amide bonds. The molecule has 1 N–H and O–H groups in total. The number of nitrogens with zero attached hydrogens (tertiary/aromatic N) is 1. The molecule has 0 aliphatic carbocycles. The van der Waals surface area contributed by atoms with Crippen LogP contribution in [-0.2, 0) is 20.2 Å². The lowest BCUT2D eigenvalue weighted by Gasteiger charge is -2.14. The van der Waals surface area contributed by atoms with Crippen LogP contribution in [0.2, 0.25) is 0 Å². The Kier molecular flexibility index (Phi) is 9.13. The Balaban J connectivity index is -0.000000239. The molecule has 0 aromatic heterocycles. The standard InChI is InChI=1S/C4H12N.2CHF3O3S/c1-5(2,3)4;2*2-1(3,4)8(5,6)7/h1-4H3;2*(H,5,6,7)/q+1;;/p-1. The molecule has 0 rings (SSSR count). The van der Waals surface area contributed by atoms with E-state index in [2.05, 4.69) is 28.2 Å². The van der Waals surface area contributed by atoms with Crippen LogP contribution in [0.25, 0.3) is 0 Å². The van der Waals surface area contributed by atoms with Crippen molar-refractivity contribution in [3.8, 4) is 0 Å². The first-order valence-electron chi connectivity index (χ1n) is 4.35. The van der Waals surface area contributed by atoms with Gasteiger partial charge in [-0.05, 0) is 0 Å². The Morgan fingerprint density at radius 2 is 0.905 bits per heavy atom. The van der Waals surface area contributed by atoms with E-state index in [1.54, 1.807) is 0 Å². The van der Waals surface area contributed by atoms with Gasteiger partial charge < -0.3 is 9.04 Å². The van der Waals surface area contributed by atoms with Gasteiger partial charge in [0.1, 0.15) is 0 Å². The molecule has 0 saturated heterocycles. The molecule has 0 saturated carbocycles. The van der Waals surface area contributed by atoms with E-state index in [1.807, 2.05) is 0 Å². The number of quaternary nitrogens is 1. The van der Waals surface area contributed by atoms with Crippen molar-refractivity contribution in [2.45, 2.75) is 11.0 Å². The third-order valence-corrected chi connectivity index (χ3v) is 1.73. The summed E-state index contributed by atoms with van der Waals surface area (Å²) < 4.78 is 117. The van der Waals surface area contributed by atoms with Crippen molar-refractivity contribution in [1.29, 1.82) is 0 Å². The first-order chi connectivity index (χ1) is 8.50. The molecule has 0 unspecified atom stereocenters. The zero-order chi connectivity index (χ0) is 18.5. The predicted molar refractivity (Wildman–Crippen MR) is 57.3 cm³/mol. The minimum Gasteiger partial charge on any atom is -0.741 e. The minimum absolute atomic E-state index is 1.00. The second kappa shape index (κ2) is 7.57. The summed E-state index contributed by atoms with van der Waals surface area (Å²) in [5.41, 5.74) is -11.2. The molecule has 0 atom stereocenters. The summed E-state index contributed by atoms with van der Waals surface area (Å²) in [6.45, 7) is 0. The molecule has 7 nitrogen and oxygen atoms in total. The molecule has 0 bridgehead atoms. The monoisotopic (exact) mass is 373 g/mol. The quantitative estimate of drug-likeness (QED) is 0.291. The van der Waals surface area contributed by atoms with E-state index < -0.39 is 31.3 Å². The van der Waals surface area contributed by atoms with Crippen molar-refractivity contribution in [3.05, 3.63) is 0 Å². The van der Waals surface area contributed by atoms with Gasteiger partial charge in [-0.25, -0.2) is 8.42 Å². The number of hydrogen-bond donors (Lipinski definition) is 1. The van der Waals surface area contributed by atoms with Gasteiger partial charge in [-0.1, -0.05) is 0 Å². The van der Waals surface area contributed by atoms with Crippen molar-refractivity contribution in [2.75, 3.05) is 28.2 Å². The van der Waals surface area contributed by atoms with Gasteiger partial charge in [0, 0.05) is 0 Å². The normalized spacial score (nSPS) is 13.5. The highest BCUT2D eigenvalue weighted by molar-refractivity contribution is 7.86. The molecule has 15 heteroatoms.